The molecular formula is C15H20ClN3. The molecule has 2 N–H and O–H groups in total. The van der Waals surface area contributed by atoms with E-state index < -0.39 is 0 Å². The molecule has 0 aliphatic heterocycles. The molecule has 0 spiro atoms. The van der Waals surface area contributed by atoms with Gasteiger partial charge in [-0.1, -0.05) is 49.7 Å². The van der Waals surface area contributed by atoms with Crippen molar-refractivity contribution in [3.8, 4) is 0 Å². The number of halogens is 1. The number of benzene rings is 1. The second-order valence-corrected chi connectivity index (χ2v) is 5.08. The minimum atomic E-state index is -0.229. The summed E-state index contributed by atoms with van der Waals surface area (Å²) >= 11 is 6.22. The van der Waals surface area contributed by atoms with Crippen molar-refractivity contribution in [1.29, 1.82) is 0 Å². The number of nitrogens with zero attached hydrogens (tertiary/aromatic N) is 2. The first-order valence-electron chi connectivity index (χ1n) is 6.73. The fourth-order valence-electron chi connectivity index (χ4n) is 2.19. The highest BCUT2D eigenvalue weighted by Gasteiger charge is 2.18. The van der Waals surface area contributed by atoms with E-state index in [0.717, 1.165) is 30.6 Å². The molecule has 19 heavy (non-hydrogen) atoms. The second kappa shape index (κ2) is 6.22. The largest absolute Gasteiger partial charge is 0.319 e. The first kappa shape index (κ1) is 14.1. The molecule has 1 aromatic heterocycles. The van der Waals surface area contributed by atoms with Crippen molar-refractivity contribution in [2.24, 2.45) is 5.73 Å². The molecule has 0 aliphatic carbocycles. The maximum atomic E-state index is 6.34. The topological polar surface area (TPSA) is 43.8 Å². The van der Waals surface area contributed by atoms with Gasteiger partial charge in [-0.3, -0.25) is 4.68 Å². The van der Waals surface area contributed by atoms with Crippen LogP contribution in [-0.4, -0.2) is 9.78 Å². The molecule has 0 fully saturated rings. The van der Waals surface area contributed by atoms with Crippen LogP contribution in [-0.2, 0) is 13.0 Å². The predicted octanol–water partition coefficient (Wildman–Crippen LogP) is 3.56. The summed E-state index contributed by atoms with van der Waals surface area (Å²) in [7, 11) is 0. The predicted molar refractivity (Wildman–Crippen MR) is 79.4 cm³/mol. The van der Waals surface area contributed by atoms with E-state index in [1.54, 1.807) is 6.20 Å². The molecule has 1 atom stereocenters. The Morgan fingerprint density at radius 1 is 1.26 bits per heavy atom. The third kappa shape index (κ3) is 2.99. The lowest BCUT2D eigenvalue weighted by Gasteiger charge is -2.15. The van der Waals surface area contributed by atoms with Gasteiger partial charge in [-0.15, -0.1) is 0 Å². The summed E-state index contributed by atoms with van der Waals surface area (Å²) in [6.07, 6.45) is 3.71. The van der Waals surface area contributed by atoms with Gasteiger partial charge in [-0.25, -0.2) is 0 Å². The number of hydrogen-bond acceptors (Lipinski definition) is 2. The molecule has 1 aromatic carbocycles. The summed E-state index contributed by atoms with van der Waals surface area (Å²) in [5, 5.41) is 4.93. The Morgan fingerprint density at radius 3 is 2.53 bits per heavy atom. The van der Waals surface area contributed by atoms with E-state index in [1.165, 1.54) is 5.56 Å². The van der Waals surface area contributed by atoms with E-state index in [-0.39, 0.29) is 6.04 Å². The molecule has 0 aliphatic rings. The third-order valence-electron chi connectivity index (χ3n) is 3.31. The van der Waals surface area contributed by atoms with E-state index in [2.05, 4.69) is 43.2 Å². The minimum absolute atomic E-state index is 0.229. The monoisotopic (exact) mass is 277 g/mol. The van der Waals surface area contributed by atoms with E-state index in [4.69, 9.17) is 17.3 Å². The van der Waals surface area contributed by atoms with E-state index in [1.807, 2.05) is 4.68 Å². The van der Waals surface area contributed by atoms with Crippen molar-refractivity contribution >= 4 is 11.6 Å². The van der Waals surface area contributed by atoms with Crippen LogP contribution < -0.4 is 5.73 Å². The van der Waals surface area contributed by atoms with Crippen LogP contribution in [0.15, 0.2) is 30.5 Å². The van der Waals surface area contributed by atoms with Gasteiger partial charge in [0.1, 0.15) is 0 Å². The zero-order chi connectivity index (χ0) is 13.8. The number of aryl methyl sites for hydroxylation is 2. The molecule has 1 heterocycles. The quantitative estimate of drug-likeness (QED) is 0.908. The molecule has 2 rings (SSSR count). The molecule has 0 bridgehead atoms. The van der Waals surface area contributed by atoms with Crippen LogP contribution in [0.25, 0.3) is 0 Å². The highest BCUT2D eigenvalue weighted by atomic mass is 35.5. The molecule has 0 amide bonds. The van der Waals surface area contributed by atoms with Crippen LogP contribution in [0.1, 0.15) is 43.1 Å². The van der Waals surface area contributed by atoms with Gasteiger partial charge in [0, 0.05) is 6.54 Å². The lowest BCUT2D eigenvalue weighted by molar-refractivity contribution is 0.560. The van der Waals surface area contributed by atoms with Gasteiger partial charge in [0.2, 0.25) is 0 Å². The molecular weight excluding hydrogens is 258 g/mol. The maximum Gasteiger partial charge on any atom is 0.0837 e. The lowest BCUT2D eigenvalue weighted by Crippen LogP contribution is -2.18. The standard InChI is InChI=1S/C15H20ClN3/c1-3-9-19-15(13(16)10-18-19)14(17)12-7-5-11(4-2)6-8-12/h5-8,10,14H,3-4,9,17H2,1-2H3. The zero-order valence-electron chi connectivity index (χ0n) is 11.4. The van der Waals surface area contributed by atoms with Crippen molar-refractivity contribution in [3.63, 3.8) is 0 Å². The van der Waals surface area contributed by atoms with Crippen molar-refractivity contribution in [1.82, 2.24) is 9.78 Å². The van der Waals surface area contributed by atoms with Crippen molar-refractivity contribution in [2.75, 3.05) is 0 Å². The van der Waals surface area contributed by atoms with Crippen molar-refractivity contribution in [3.05, 3.63) is 52.3 Å². The van der Waals surface area contributed by atoms with Crippen LogP contribution in [0.5, 0.6) is 0 Å². The smallest absolute Gasteiger partial charge is 0.0837 e. The normalized spacial score (nSPS) is 12.6. The summed E-state index contributed by atoms with van der Waals surface area (Å²) in [5.41, 5.74) is 9.61. The zero-order valence-corrected chi connectivity index (χ0v) is 12.2. The van der Waals surface area contributed by atoms with Gasteiger partial charge < -0.3 is 5.73 Å². The SMILES string of the molecule is CCCn1ncc(Cl)c1C(N)c1ccc(CC)cc1. The average molecular weight is 278 g/mol. The van der Waals surface area contributed by atoms with Gasteiger partial charge in [0.25, 0.3) is 0 Å². The minimum Gasteiger partial charge on any atom is -0.319 e. The lowest BCUT2D eigenvalue weighted by atomic mass is 10.0. The fraction of sp³-hybridized carbons (Fsp3) is 0.400. The molecule has 4 heteroatoms. The average Bonchev–Trinajstić information content (AvgIpc) is 2.80. The van der Waals surface area contributed by atoms with Crippen LogP contribution in [0.3, 0.4) is 0 Å². The first-order chi connectivity index (χ1) is 9.17. The first-order valence-corrected chi connectivity index (χ1v) is 7.10. The van der Waals surface area contributed by atoms with E-state index in [9.17, 15) is 0 Å². The Bertz CT molecular complexity index is 531. The highest BCUT2D eigenvalue weighted by Crippen LogP contribution is 2.26. The molecule has 0 saturated carbocycles. The molecule has 102 valence electrons. The Hall–Kier alpha value is -1.32. The van der Waals surface area contributed by atoms with Crippen molar-refractivity contribution in [2.45, 2.75) is 39.3 Å². The molecule has 1 unspecified atom stereocenters. The number of rotatable bonds is 5. The second-order valence-electron chi connectivity index (χ2n) is 4.67. The van der Waals surface area contributed by atoms with E-state index >= 15 is 0 Å². The van der Waals surface area contributed by atoms with Crippen LogP contribution in [0, 0.1) is 0 Å². The number of nitrogens with two attached hydrogens (primary N) is 1. The summed E-state index contributed by atoms with van der Waals surface area (Å²) in [6, 6.07) is 8.15. The number of hydrogen-bond donors (Lipinski definition) is 1. The Morgan fingerprint density at radius 2 is 1.95 bits per heavy atom. The highest BCUT2D eigenvalue weighted by molar-refractivity contribution is 6.31. The Kier molecular flexibility index (Phi) is 4.61. The molecule has 0 saturated heterocycles. The van der Waals surface area contributed by atoms with Gasteiger partial charge in [0.15, 0.2) is 0 Å². The summed E-state index contributed by atoms with van der Waals surface area (Å²) in [6.45, 7) is 5.09. The van der Waals surface area contributed by atoms with Crippen LogP contribution in [0.2, 0.25) is 5.02 Å². The molecule has 2 aromatic rings. The molecule has 0 radical (unpaired) electrons. The van der Waals surface area contributed by atoms with Crippen LogP contribution in [0.4, 0.5) is 0 Å². The van der Waals surface area contributed by atoms with Gasteiger partial charge >= 0.3 is 0 Å². The summed E-state index contributed by atoms with van der Waals surface area (Å²) < 4.78 is 1.90. The van der Waals surface area contributed by atoms with E-state index in [0.29, 0.717) is 5.02 Å². The van der Waals surface area contributed by atoms with Gasteiger partial charge in [-0.05, 0) is 24.0 Å². The fourth-order valence-corrected chi connectivity index (χ4v) is 2.45. The van der Waals surface area contributed by atoms with Crippen molar-refractivity contribution < 1.29 is 0 Å². The Labute approximate surface area is 119 Å². The third-order valence-corrected chi connectivity index (χ3v) is 3.60. The maximum absolute atomic E-state index is 6.34. The van der Waals surface area contributed by atoms with Crippen LogP contribution >= 0.6 is 11.6 Å². The Balaban J connectivity index is 2.31. The molecule has 3 nitrogen and oxygen atoms in total. The number of aromatic nitrogens is 2. The summed E-state index contributed by atoms with van der Waals surface area (Å²) in [5.74, 6) is 0. The van der Waals surface area contributed by atoms with Gasteiger partial charge in [-0.2, -0.15) is 5.10 Å². The van der Waals surface area contributed by atoms with Gasteiger partial charge in [0.05, 0.1) is 23.0 Å². The summed E-state index contributed by atoms with van der Waals surface area (Å²) in [4.78, 5) is 0.